The molecule has 6 nitrogen and oxygen atoms in total. The minimum atomic E-state index is -1.12. The Balaban J connectivity index is 2.95. The van der Waals surface area contributed by atoms with Crippen LogP contribution < -0.4 is 5.32 Å². The summed E-state index contributed by atoms with van der Waals surface area (Å²) >= 11 is 6.97. The molecule has 0 saturated heterocycles. The van der Waals surface area contributed by atoms with Crippen LogP contribution in [0, 0.1) is 0 Å². The molecule has 1 amide bonds. The molecule has 0 aliphatic rings. The average molecular weight is 333 g/mol. The standard InChI is InChI=1S/C13H17ClN2O4S/c1-5-6-7(10(17)18)8-9(14)21-11(15-8)16-12(19)20-13(2,3)4/h6H,5H2,1-4H3,(H,17,18)(H,15,16,19). The molecule has 0 aliphatic heterocycles. The van der Waals surface area contributed by atoms with E-state index in [-0.39, 0.29) is 20.7 Å². The van der Waals surface area contributed by atoms with Gasteiger partial charge in [0.2, 0.25) is 0 Å². The lowest BCUT2D eigenvalue weighted by molar-refractivity contribution is -0.130. The van der Waals surface area contributed by atoms with Crippen LogP contribution in [-0.2, 0) is 9.53 Å². The fraction of sp³-hybridized carbons (Fsp3) is 0.462. The molecule has 0 unspecified atom stereocenters. The number of allylic oxidation sites excluding steroid dienone is 1. The van der Waals surface area contributed by atoms with Crippen molar-refractivity contribution < 1.29 is 19.4 Å². The highest BCUT2D eigenvalue weighted by Crippen LogP contribution is 2.33. The number of ether oxygens (including phenoxy) is 1. The van der Waals surface area contributed by atoms with Crippen LogP contribution in [0.1, 0.15) is 39.8 Å². The maximum absolute atomic E-state index is 11.6. The molecular formula is C13H17ClN2O4S. The van der Waals surface area contributed by atoms with Gasteiger partial charge in [-0.2, -0.15) is 0 Å². The summed E-state index contributed by atoms with van der Waals surface area (Å²) in [6, 6.07) is 0. The number of nitrogens with one attached hydrogen (secondary N) is 1. The van der Waals surface area contributed by atoms with E-state index in [2.05, 4.69) is 10.3 Å². The van der Waals surface area contributed by atoms with Crippen molar-refractivity contribution in [3.8, 4) is 0 Å². The molecule has 1 aromatic heterocycles. The van der Waals surface area contributed by atoms with E-state index < -0.39 is 17.7 Å². The molecule has 1 rings (SSSR count). The fourth-order valence-corrected chi connectivity index (χ4v) is 2.46. The summed E-state index contributed by atoms with van der Waals surface area (Å²) in [5.74, 6) is -1.12. The fourth-order valence-electron chi connectivity index (χ4n) is 1.40. The third kappa shape index (κ3) is 5.35. The number of carboxylic acid groups (broad SMARTS) is 1. The summed E-state index contributed by atoms with van der Waals surface area (Å²) in [6.07, 6.45) is 1.38. The van der Waals surface area contributed by atoms with Crippen molar-refractivity contribution >= 4 is 45.7 Å². The number of halogens is 1. The van der Waals surface area contributed by atoms with Gasteiger partial charge in [0.05, 0.1) is 5.57 Å². The lowest BCUT2D eigenvalue weighted by Gasteiger charge is -2.18. The van der Waals surface area contributed by atoms with Crippen molar-refractivity contribution in [3.63, 3.8) is 0 Å². The van der Waals surface area contributed by atoms with E-state index in [1.54, 1.807) is 20.8 Å². The van der Waals surface area contributed by atoms with Crippen LogP contribution in [0.15, 0.2) is 6.08 Å². The number of nitrogens with zero attached hydrogens (tertiary/aromatic N) is 1. The smallest absolute Gasteiger partial charge is 0.413 e. The number of carbonyl (C=O) groups excluding carboxylic acids is 1. The Morgan fingerprint density at radius 2 is 2.10 bits per heavy atom. The lowest BCUT2D eigenvalue weighted by Crippen LogP contribution is -2.27. The summed E-state index contributed by atoms with van der Waals surface area (Å²) in [5, 5.41) is 11.8. The Labute approximate surface area is 131 Å². The quantitative estimate of drug-likeness (QED) is 0.813. The van der Waals surface area contributed by atoms with Gasteiger partial charge in [-0.25, -0.2) is 14.6 Å². The molecule has 8 heteroatoms. The molecule has 0 bridgehead atoms. The number of carboxylic acids is 1. The molecule has 2 N–H and O–H groups in total. The van der Waals surface area contributed by atoms with Gasteiger partial charge in [0, 0.05) is 0 Å². The second kappa shape index (κ2) is 6.91. The number of rotatable bonds is 4. The predicted octanol–water partition coefficient (Wildman–Crippen LogP) is 4.02. The first-order valence-electron chi connectivity index (χ1n) is 6.24. The molecule has 0 spiro atoms. The second-order valence-electron chi connectivity index (χ2n) is 5.10. The molecule has 0 atom stereocenters. The summed E-state index contributed by atoms with van der Waals surface area (Å²) in [7, 11) is 0. The van der Waals surface area contributed by atoms with Crippen molar-refractivity contribution in [1.82, 2.24) is 4.98 Å². The van der Waals surface area contributed by atoms with Crippen LogP contribution in [0.5, 0.6) is 0 Å². The molecule has 1 aromatic rings. The number of hydrogen-bond acceptors (Lipinski definition) is 5. The van der Waals surface area contributed by atoms with E-state index in [9.17, 15) is 9.59 Å². The van der Waals surface area contributed by atoms with E-state index in [0.29, 0.717) is 6.42 Å². The minimum absolute atomic E-state index is 0.0102. The first-order valence-corrected chi connectivity index (χ1v) is 7.43. The van der Waals surface area contributed by atoms with Crippen LogP contribution >= 0.6 is 22.9 Å². The number of aromatic nitrogens is 1. The number of anilines is 1. The Morgan fingerprint density at radius 1 is 1.48 bits per heavy atom. The Kier molecular flexibility index (Phi) is 5.74. The van der Waals surface area contributed by atoms with Crippen LogP contribution in [-0.4, -0.2) is 27.8 Å². The SMILES string of the molecule is CCC=C(C(=O)O)c1nc(NC(=O)OC(C)(C)C)sc1Cl. The van der Waals surface area contributed by atoms with E-state index in [4.69, 9.17) is 21.4 Å². The van der Waals surface area contributed by atoms with Gasteiger partial charge in [0.25, 0.3) is 0 Å². The van der Waals surface area contributed by atoms with Gasteiger partial charge in [0.15, 0.2) is 5.13 Å². The zero-order chi connectivity index (χ0) is 16.2. The van der Waals surface area contributed by atoms with Crippen molar-refractivity contribution in [2.24, 2.45) is 0 Å². The van der Waals surface area contributed by atoms with Gasteiger partial charge >= 0.3 is 12.1 Å². The van der Waals surface area contributed by atoms with Crippen LogP contribution in [0.3, 0.4) is 0 Å². The highest BCUT2D eigenvalue weighted by atomic mass is 35.5. The van der Waals surface area contributed by atoms with Gasteiger partial charge < -0.3 is 9.84 Å². The van der Waals surface area contributed by atoms with E-state index in [1.165, 1.54) is 6.08 Å². The number of aliphatic carboxylic acids is 1. The van der Waals surface area contributed by atoms with Crippen molar-refractivity contribution in [2.45, 2.75) is 39.7 Å². The first kappa shape index (κ1) is 17.5. The van der Waals surface area contributed by atoms with E-state index in [1.807, 2.05) is 6.92 Å². The molecule has 0 saturated carbocycles. The van der Waals surface area contributed by atoms with E-state index >= 15 is 0 Å². The number of hydrogen-bond donors (Lipinski definition) is 2. The normalized spacial score (nSPS) is 12.1. The molecule has 0 radical (unpaired) electrons. The summed E-state index contributed by atoms with van der Waals surface area (Å²) in [6.45, 7) is 7.02. The van der Waals surface area contributed by atoms with Gasteiger partial charge in [-0.3, -0.25) is 5.32 Å². The third-order valence-corrected chi connectivity index (χ3v) is 3.26. The van der Waals surface area contributed by atoms with E-state index in [0.717, 1.165) is 11.3 Å². The second-order valence-corrected chi connectivity index (χ2v) is 6.70. The molecule has 0 aromatic carbocycles. The van der Waals surface area contributed by atoms with Gasteiger partial charge in [-0.05, 0) is 27.2 Å². The van der Waals surface area contributed by atoms with Crippen molar-refractivity contribution in [2.75, 3.05) is 5.32 Å². The molecule has 21 heavy (non-hydrogen) atoms. The topological polar surface area (TPSA) is 88.5 Å². The van der Waals surface area contributed by atoms with Crippen molar-refractivity contribution in [1.29, 1.82) is 0 Å². The van der Waals surface area contributed by atoms with Crippen molar-refractivity contribution in [3.05, 3.63) is 16.1 Å². The Morgan fingerprint density at radius 3 is 2.57 bits per heavy atom. The molecule has 0 aliphatic carbocycles. The number of thiazole rings is 1. The Hall–Kier alpha value is -1.60. The summed E-state index contributed by atoms with van der Waals surface area (Å²) in [5.41, 5.74) is -0.486. The summed E-state index contributed by atoms with van der Waals surface area (Å²) < 4.78 is 5.29. The molecule has 1 heterocycles. The highest BCUT2D eigenvalue weighted by Gasteiger charge is 2.21. The zero-order valence-electron chi connectivity index (χ0n) is 12.2. The van der Waals surface area contributed by atoms with Crippen LogP contribution in [0.25, 0.3) is 5.57 Å². The average Bonchev–Trinajstić information content (AvgIpc) is 2.63. The highest BCUT2D eigenvalue weighted by molar-refractivity contribution is 7.19. The lowest BCUT2D eigenvalue weighted by atomic mass is 10.2. The Bertz CT molecular complexity index is 575. The molecular weight excluding hydrogens is 316 g/mol. The maximum Gasteiger partial charge on any atom is 0.413 e. The van der Waals surface area contributed by atoms with Gasteiger partial charge in [0.1, 0.15) is 15.6 Å². The molecule has 116 valence electrons. The monoisotopic (exact) mass is 332 g/mol. The zero-order valence-corrected chi connectivity index (χ0v) is 13.8. The van der Waals surface area contributed by atoms with Gasteiger partial charge in [-0.1, -0.05) is 35.9 Å². The first-order chi connectivity index (χ1) is 9.64. The van der Waals surface area contributed by atoms with Crippen LogP contribution in [0.4, 0.5) is 9.93 Å². The largest absolute Gasteiger partial charge is 0.478 e. The molecule has 0 fully saturated rings. The third-order valence-electron chi connectivity index (χ3n) is 2.09. The van der Waals surface area contributed by atoms with Crippen LogP contribution in [0.2, 0.25) is 4.34 Å². The number of carbonyl (C=O) groups is 2. The predicted molar refractivity (Wildman–Crippen MR) is 82.9 cm³/mol. The maximum atomic E-state index is 11.6. The summed E-state index contributed by atoms with van der Waals surface area (Å²) in [4.78, 5) is 26.9. The number of amides is 1. The van der Waals surface area contributed by atoms with Gasteiger partial charge in [-0.15, -0.1) is 0 Å². The minimum Gasteiger partial charge on any atom is -0.478 e.